The first-order valence-electron chi connectivity index (χ1n) is 12.8. The fourth-order valence-electron chi connectivity index (χ4n) is 5.13. The molecule has 3 heterocycles. The molecule has 1 N–H and O–H groups in total. The molecule has 3 unspecified atom stereocenters. The third kappa shape index (κ3) is 5.34. The van der Waals surface area contributed by atoms with E-state index < -0.39 is 16.8 Å². The zero-order valence-corrected chi connectivity index (χ0v) is 23.5. The number of halogens is 1. The number of ether oxygens (including phenoxy) is 1. The van der Waals surface area contributed by atoms with Crippen LogP contribution in [0.3, 0.4) is 0 Å². The van der Waals surface area contributed by atoms with Crippen LogP contribution in [0.15, 0.2) is 52.4 Å². The highest BCUT2D eigenvalue weighted by Gasteiger charge is 2.53. The highest BCUT2D eigenvalue weighted by molar-refractivity contribution is 8.13. The number of thioether (sulfide) groups is 1. The molecule has 0 aromatic heterocycles. The number of carbonyl (C=O) groups excluding carboxylic acids is 2. The Balaban J connectivity index is 1.69. The topological polar surface area (TPSA) is 110 Å². The van der Waals surface area contributed by atoms with Crippen LogP contribution in [-0.4, -0.2) is 76.2 Å². The highest BCUT2D eigenvalue weighted by Crippen LogP contribution is 2.47. The summed E-state index contributed by atoms with van der Waals surface area (Å²) in [4.78, 5) is 39.6. The summed E-state index contributed by atoms with van der Waals surface area (Å²) in [7, 11) is 0. The summed E-state index contributed by atoms with van der Waals surface area (Å²) >= 11 is 7.79. The van der Waals surface area contributed by atoms with Gasteiger partial charge in [0.1, 0.15) is 18.1 Å². The number of benzene rings is 2. The predicted octanol–water partition coefficient (Wildman–Crippen LogP) is 4.26. The second-order valence-electron chi connectivity index (χ2n) is 10.2. The van der Waals surface area contributed by atoms with Crippen LogP contribution in [-0.2, 0) is 4.79 Å². The van der Waals surface area contributed by atoms with Crippen molar-refractivity contribution in [3.05, 3.63) is 64.2 Å². The molecule has 3 amide bonds. The van der Waals surface area contributed by atoms with Crippen molar-refractivity contribution >= 4 is 46.7 Å². The molecule has 0 aliphatic carbocycles. The molecule has 202 valence electrons. The summed E-state index contributed by atoms with van der Waals surface area (Å²) in [6.45, 7) is 7.12. The molecule has 3 atom stereocenters. The van der Waals surface area contributed by atoms with Crippen molar-refractivity contribution in [3.63, 3.8) is 0 Å². The van der Waals surface area contributed by atoms with Crippen LogP contribution in [0, 0.1) is 11.3 Å². The van der Waals surface area contributed by atoms with Crippen LogP contribution in [0.4, 0.5) is 4.79 Å². The molecular weight excluding hydrogens is 536 g/mol. The van der Waals surface area contributed by atoms with Gasteiger partial charge in [0.05, 0.1) is 52.2 Å². The lowest BCUT2D eigenvalue weighted by Gasteiger charge is -2.41. The number of amidine groups is 1. The summed E-state index contributed by atoms with van der Waals surface area (Å²) < 4.78 is 5.65. The van der Waals surface area contributed by atoms with E-state index in [9.17, 15) is 14.9 Å². The monoisotopic (exact) mass is 564 g/mol. The van der Waals surface area contributed by atoms with E-state index in [1.165, 1.54) is 0 Å². The number of nitrogens with zero attached hydrogens (tertiary/aromatic N) is 5. The quantitative estimate of drug-likeness (QED) is 0.583. The lowest BCUT2D eigenvalue weighted by Crippen LogP contribution is -2.60. The van der Waals surface area contributed by atoms with E-state index in [2.05, 4.69) is 23.3 Å². The predicted molar refractivity (Wildman–Crippen MR) is 153 cm³/mol. The molecule has 0 saturated carbocycles. The van der Waals surface area contributed by atoms with Crippen molar-refractivity contribution in [2.75, 3.05) is 26.2 Å². The first-order chi connectivity index (χ1) is 18.7. The molecule has 2 aromatic carbocycles. The number of aliphatic imine (C=N–C) groups is 2. The molecule has 5 rings (SSSR count). The van der Waals surface area contributed by atoms with Crippen LogP contribution in [0.1, 0.15) is 43.5 Å². The van der Waals surface area contributed by atoms with Crippen molar-refractivity contribution in [3.8, 4) is 11.8 Å². The summed E-state index contributed by atoms with van der Waals surface area (Å²) in [5.74, 6) is 0.697. The second-order valence-corrected chi connectivity index (χ2v) is 12.0. The number of nitrogens with one attached hydrogen (secondary N) is 1. The summed E-state index contributed by atoms with van der Waals surface area (Å²) in [5.41, 5.74) is 3.77. The number of hydrogen-bond acceptors (Lipinski definition) is 7. The van der Waals surface area contributed by atoms with Gasteiger partial charge in [-0.15, -0.1) is 11.8 Å². The Hall–Kier alpha value is -3.55. The molecule has 2 aromatic rings. The lowest BCUT2D eigenvalue weighted by atomic mass is 9.89. The minimum Gasteiger partial charge on any atom is -0.490 e. The van der Waals surface area contributed by atoms with Gasteiger partial charge in [0.25, 0.3) is 0 Å². The maximum absolute atomic E-state index is 14.4. The molecule has 9 nitrogen and oxygen atoms in total. The van der Waals surface area contributed by atoms with Crippen LogP contribution < -0.4 is 10.1 Å². The number of hydrogen-bond donors (Lipinski definition) is 1. The minimum absolute atomic E-state index is 0.0377. The van der Waals surface area contributed by atoms with Crippen LogP contribution in [0.2, 0.25) is 5.02 Å². The Bertz CT molecular complexity index is 1380. The maximum Gasteiger partial charge on any atom is 0.326 e. The minimum atomic E-state index is -0.491. The average molecular weight is 565 g/mol. The molecular formula is C28H29ClN6O3S. The fourth-order valence-corrected chi connectivity index (χ4v) is 6.17. The molecule has 0 bridgehead atoms. The maximum atomic E-state index is 14.4. The van der Waals surface area contributed by atoms with Gasteiger partial charge in [-0.3, -0.25) is 19.7 Å². The van der Waals surface area contributed by atoms with Crippen molar-refractivity contribution < 1.29 is 14.3 Å². The molecule has 3 aliphatic rings. The SMILES string of the molecule is CC(C)Oc1cc(C#N)ccc1C1=NC(c2ccc(Cl)cc2)C(C2(C)CN=CS2)N1C(=O)N1CCNC(=O)C1. The summed E-state index contributed by atoms with van der Waals surface area (Å²) in [6, 6.07) is 13.6. The number of amides is 3. The van der Waals surface area contributed by atoms with Crippen molar-refractivity contribution in [1.29, 1.82) is 5.26 Å². The lowest BCUT2D eigenvalue weighted by molar-refractivity contribution is -0.123. The smallest absolute Gasteiger partial charge is 0.326 e. The third-order valence-electron chi connectivity index (χ3n) is 6.93. The fraction of sp³-hybridized carbons (Fsp3) is 0.393. The summed E-state index contributed by atoms with van der Waals surface area (Å²) in [6.07, 6.45) is -0.172. The van der Waals surface area contributed by atoms with E-state index in [1.54, 1.807) is 39.8 Å². The highest BCUT2D eigenvalue weighted by atomic mass is 35.5. The Morgan fingerprint density at radius 1 is 1.28 bits per heavy atom. The normalized spacial score (nSPS) is 24.5. The van der Waals surface area contributed by atoms with Gasteiger partial charge in [0.2, 0.25) is 5.91 Å². The van der Waals surface area contributed by atoms with Crippen molar-refractivity contribution in [2.45, 2.75) is 43.7 Å². The molecule has 1 fully saturated rings. The van der Waals surface area contributed by atoms with E-state index >= 15 is 0 Å². The number of rotatable bonds is 5. The van der Waals surface area contributed by atoms with Crippen molar-refractivity contribution in [1.82, 2.24) is 15.1 Å². The molecule has 1 saturated heterocycles. The van der Waals surface area contributed by atoms with Gasteiger partial charge in [0, 0.05) is 18.1 Å². The largest absolute Gasteiger partial charge is 0.490 e. The van der Waals surface area contributed by atoms with E-state index in [0.717, 1.165) is 5.56 Å². The standard InChI is InChI=1S/C28H29ClN6O3S/c1-17(2)38-22-12-18(13-30)4-9-21(22)26-33-24(19-5-7-20(29)8-6-19)25(28(3)15-31-16-39-28)35(26)27(37)34-11-10-32-23(36)14-34/h4-9,12,16-17,24-25H,10-11,14-15H2,1-3H3,(H,32,36). The molecule has 0 radical (unpaired) electrons. The number of carbonyl (C=O) groups is 2. The van der Waals surface area contributed by atoms with Crippen LogP contribution in [0.5, 0.6) is 5.75 Å². The Labute approximate surface area is 236 Å². The average Bonchev–Trinajstić information content (AvgIpc) is 3.53. The molecule has 0 spiro atoms. The van der Waals surface area contributed by atoms with Gasteiger partial charge in [-0.25, -0.2) is 4.79 Å². The van der Waals surface area contributed by atoms with E-state index in [0.29, 0.717) is 47.4 Å². The Morgan fingerprint density at radius 2 is 2.05 bits per heavy atom. The summed E-state index contributed by atoms with van der Waals surface area (Å²) in [5, 5.41) is 12.9. The van der Waals surface area contributed by atoms with Gasteiger partial charge in [-0.1, -0.05) is 23.7 Å². The van der Waals surface area contributed by atoms with E-state index in [1.807, 2.05) is 43.7 Å². The zero-order chi connectivity index (χ0) is 27.7. The van der Waals surface area contributed by atoms with Crippen LogP contribution >= 0.6 is 23.4 Å². The van der Waals surface area contributed by atoms with Gasteiger partial charge < -0.3 is 15.0 Å². The molecule has 3 aliphatic heterocycles. The first-order valence-corrected chi connectivity index (χ1v) is 14.0. The molecule has 39 heavy (non-hydrogen) atoms. The van der Waals surface area contributed by atoms with Gasteiger partial charge in [0.15, 0.2) is 0 Å². The van der Waals surface area contributed by atoms with Gasteiger partial charge in [-0.05, 0) is 56.7 Å². The van der Waals surface area contributed by atoms with Crippen molar-refractivity contribution in [2.24, 2.45) is 9.98 Å². The Kier molecular flexibility index (Phi) is 7.56. The zero-order valence-electron chi connectivity index (χ0n) is 21.9. The van der Waals surface area contributed by atoms with Gasteiger partial charge >= 0.3 is 6.03 Å². The van der Waals surface area contributed by atoms with Gasteiger partial charge in [-0.2, -0.15) is 5.26 Å². The van der Waals surface area contributed by atoms with Crippen LogP contribution in [0.25, 0.3) is 0 Å². The van der Waals surface area contributed by atoms with E-state index in [4.69, 9.17) is 21.3 Å². The number of urea groups is 1. The van der Waals surface area contributed by atoms with E-state index in [-0.39, 0.29) is 24.6 Å². The molecule has 11 heteroatoms. The Morgan fingerprint density at radius 3 is 2.69 bits per heavy atom. The first kappa shape index (κ1) is 27.0. The third-order valence-corrected chi connectivity index (χ3v) is 8.35. The second kappa shape index (κ2) is 10.9. The number of piperazine rings is 1. The number of nitriles is 1.